The number of pyridine rings is 1. The summed E-state index contributed by atoms with van der Waals surface area (Å²) < 4.78 is 19.3. The summed E-state index contributed by atoms with van der Waals surface area (Å²) >= 11 is 0. The summed E-state index contributed by atoms with van der Waals surface area (Å²) in [4.78, 5) is 0. The van der Waals surface area contributed by atoms with Gasteiger partial charge in [0.2, 0.25) is 5.69 Å². The fourth-order valence-corrected chi connectivity index (χ4v) is 7.57. The van der Waals surface area contributed by atoms with Crippen LogP contribution < -0.4 is 10.3 Å². The molecule has 1 aromatic rings. The molecule has 0 bridgehead atoms. The Labute approximate surface area is 336 Å². The predicted molar refractivity (Wildman–Crippen MR) is 236 cm³/mol. The highest BCUT2D eigenvalue weighted by Crippen LogP contribution is 2.41. The quantitative estimate of drug-likeness (QED) is 0.0728. The van der Waals surface area contributed by atoms with E-state index in [9.17, 15) is 0 Å². The lowest BCUT2D eigenvalue weighted by atomic mass is 9.72. The number of hydrogen-bond acceptors (Lipinski definition) is 4. The maximum absolute atomic E-state index is 5.88. The second-order valence-electron chi connectivity index (χ2n) is 16.9. The van der Waals surface area contributed by atoms with Crippen LogP contribution in [-0.4, -0.2) is 46.2 Å². The molecule has 0 radical (unpaired) electrons. The van der Waals surface area contributed by atoms with Gasteiger partial charge in [0.1, 0.15) is 0 Å². The smallest absolute Gasteiger partial charge is 0.206 e. The molecule has 5 heteroatoms. The minimum absolute atomic E-state index is 0.252. The average Bonchev–Trinajstić information content (AvgIpc) is 3.12. The Bertz CT molecular complexity index is 1640. The van der Waals surface area contributed by atoms with Crippen molar-refractivity contribution in [1.82, 2.24) is 0 Å². The minimum atomic E-state index is 0.252. The third-order valence-electron chi connectivity index (χ3n) is 10.9. The number of rotatable bonds is 22. The summed E-state index contributed by atoms with van der Waals surface area (Å²) in [6, 6.07) is 4.48. The van der Waals surface area contributed by atoms with Crippen molar-refractivity contribution in [2.24, 2.45) is 16.6 Å². The lowest BCUT2D eigenvalue weighted by Gasteiger charge is -2.33. The van der Waals surface area contributed by atoms with Crippen molar-refractivity contribution in [3.8, 4) is 0 Å². The van der Waals surface area contributed by atoms with E-state index in [4.69, 9.17) is 19.9 Å². The summed E-state index contributed by atoms with van der Waals surface area (Å²) in [6.45, 7) is 25.9. The Balaban J connectivity index is 1.68. The summed E-state index contributed by atoms with van der Waals surface area (Å²) in [5.41, 5.74) is 18.1. The van der Waals surface area contributed by atoms with Crippen LogP contribution >= 0.6 is 0 Å². The van der Waals surface area contributed by atoms with Gasteiger partial charge in [-0.05, 0) is 119 Å². The van der Waals surface area contributed by atoms with Gasteiger partial charge in [-0.25, -0.2) is 0 Å². The molecular formula is C50H75N2O3+. The van der Waals surface area contributed by atoms with Crippen molar-refractivity contribution >= 4 is 12.2 Å². The topological polar surface area (TPSA) is 57.6 Å². The summed E-state index contributed by atoms with van der Waals surface area (Å²) in [5.74, 6) is 0. The van der Waals surface area contributed by atoms with E-state index in [-0.39, 0.29) is 10.8 Å². The van der Waals surface area contributed by atoms with Gasteiger partial charge in [-0.2, -0.15) is 4.57 Å². The van der Waals surface area contributed by atoms with Crippen LogP contribution in [0.4, 0.5) is 0 Å². The molecule has 302 valence electrons. The van der Waals surface area contributed by atoms with Crippen LogP contribution in [0, 0.1) is 10.8 Å². The lowest BCUT2D eigenvalue weighted by molar-refractivity contribution is -0.699. The van der Waals surface area contributed by atoms with E-state index < -0.39 is 0 Å². The average molecular weight is 752 g/mol. The van der Waals surface area contributed by atoms with Crippen molar-refractivity contribution in [2.45, 2.75) is 120 Å². The number of nitrogens with zero attached hydrogens (tertiary/aromatic N) is 1. The Morgan fingerprint density at radius 2 is 1.22 bits per heavy atom. The molecule has 2 aliphatic carbocycles. The first kappa shape index (κ1) is 46.0. The van der Waals surface area contributed by atoms with Crippen LogP contribution in [0.3, 0.4) is 0 Å². The van der Waals surface area contributed by atoms with Crippen molar-refractivity contribution in [2.75, 3.05) is 46.2 Å². The fraction of sp³-hybridized carbons (Fsp3) is 0.540. The Morgan fingerprint density at radius 1 is 0.691 bits per heavy atom. The summed E-state index contributed by atoms with van der Waals surface area (Å²) in [7, 11) is 0. The number of allylic oxidation sites excluding steroid dienone is 16. The van der Waals surface area contributed by atoms with E-state index in [1.165, 1.54) is 88.8 Å². The summed E-state index contributed by atoms with van der Waals surface area (Å²) in [6.07, 6.45) is 36.2. The number of aryl methyl sites for hydroxylation is 1. The highest BCUT2D eigenvalue weighted by molar-refractivity contribution is 5.57. The second kappa shape index (κ2) is 24.3. The van der Waals surface area contributed by atoms with E-state index in [0.29, 0.717) is 46.2 Å². The first-order valence-corrected chi connectivity index (χ1v) is 20.9. The molecule has 0 fully saturated rings. The van der Waals surface area contributed by atoms with E-state index in [1.807, 2.05) is 0 Å². The Hall–Kier alpha value is -3.35. The molecule has 55 heavy (non-hydrogen) atoms. The van der Waals surface area contributed by atoms with Crippen molar-refractivity contribution in [3.05, 3.63) is 123 Å². The van der Waals surface area contributed by atoms with Crippen molar-refractivity contribution < 1.29 is 18.8 Å². The third-order valence-corrected chi connectivity index (χ3v) is 10.9. The van der Waals surface area contributed by atoms with Gasteiger partial charge >= 0.3 is 0 Å². The molecule has 0 unspecified atom stereocenters. The largest absolute Gasteiger partial charge is 0.379 e. The first-order chi connectivity index (χ1) is 26.3. The van der Waals surface area contributed by atoms with Gasteiger partial charge in [-0.15, -0.1) is 0 Å². The van der Waals surface area contributed by atoms with Crippen LogP contribution in [0.15, 0.2) is 112 Å². The fourth-order valence-electron chi connectivity index (χ4n) is 7.57. The van der Waals surface area contributed by atoms with Crippen LogP contribution in [0.1, 0.15) is 125 Å². The lowest BCUT2D eigenvalue weighted by Crippen LogP contribution is -2.37. The molecule has 2 aliphatic rings. The minimum Gasteiger partial charge on any atom is -0.379 e. The van der Waals surface area contributed by atoms with Gasteiger partial charge in [0.05, 0.1) is 33.0 Å². The first-order valence-electron chi connectivity index (χ1n) is 20.9. The van der Waals surface area contributed by atoms with E-state index in [2.05, 4.69) is 152 Å². The van der Waals surface area contributed by atoms with E-state index >= 15 is 0 Å². The number of nitrogens with two attached hydrogens (primary N) is 1. The van der Waals surface area contributed by atoms with Crippen LogP contribution in [0.5, 0.6) is 0 Å². The SMILES string of the molecule is CC(C=CC1=C(C)CCCC1(C)C)=CC=CC(C)=Cc1cc(C=CC=C(C)C=CC2=C(C)CCCC2(C)C)cc[n+]1CCCOCCOCCOCCCN. The van der Waals surface area contributed by atoms with Gasteiger partial charge < -0.3 is 19.9 Å². The van der Waals surface area contributed by atoms with E-state index in [1.54, 1.807) is 0 Å². The zero-order valence-corrected chi connectivity index (χ0v) is 36.1. The molecule has 0 saturated carbocycles. The molecule has 1 heterocycles. The van der Waals surface area contributed by atoms with Crippen molar-refractivity contribution in [3.63, 3.8) is 0 Å². The molecule has 0 spiro atoms. The zero-order valence-electron chi connectivity index (χ0n) is 36.1. The molecule has 0 amide bonds. The normalized spacial score (nSPS) is 18.7. The Kier molecular flexibility index (Phi) is 20.4. The van der Waals surface area contributed by atoms with Gasteiger partial charge in [0.15, 0.2) is 12.7 Å². The predicted octanol–water partition coefficient (Wildman–Crippen LogP) is 11.8. The van der Waals surface area contributed by atoms with Gasteiger partial charge in [0.25, 0.3) is 0 Å². The molecule has 3 rings (SSSR count). The van der Waals surface area contributed by atoms with Gasteiger partial charge in [-0.3, -0.25) is 0 Å². The maximum Gasteiger partial charge on any atom is 0.206 e. The molecule has 0 aromatic carbocycles. The molecule has 0 atom stereocenters. The number of aromatic nitrogens is 1. The van der Waals surface area contributed by atoms with Crippen LogP contribution in [0.2, 0.25) is 0 Å². The summed E-state index contributed by atoms with van der Waals surface area (Å²) in [5, 5.41) is 0. The number of hydrogen-bond donors (Lipinski definition) is 1. The standard InChI is InChI=1S/C50H75N2O3/c1-40(22-24-47-43(4)19-12-27-49(47,6)7)16-10-18-42(3)38-46-39-45(21-11-17-41(2)23-25-48-44(5)20-13-28-50(48,8)9)26-31-52(46)30-15-33-54-35-37-55-36-34-53-32-14-29-51/h10-11,16-18,21-26,31,38-39H,12-15,19-20,27-30,32-37,51H2,1-9H3/q+1. The van der Waals surface area contributed by atoms with Gasteiger partial charge in [0, 0.05) is 31.2 Å². The number of ether oxygens (including phenoxy) is 3. The molecule has 2 N–H and O–H groups in total. The van der Waals surface area contributed by atoms with Crippen LogP contribution in [0.25, 0.3) is 12.2 Å². The molecule has 0 saturated heterocycles. The third kappa shape index (κ3) is 17.1. The highest BCUT2D eigenvalue weighted by atomic mass is 16.5. The Morgan fingerprint density at radius 3 is 1.76 bits per heavy atom. The second-order valence-corrected chi connectivity index (χ2v) is 16.9. The maximum atomic E-state index is 5.88. The molecule has 0 aliphatic heterocycles. The monoisotopic (exact) mass is 752 g/mol. The molecule has 1 aromatic heterocycles. The van der Waals surface area contributed by atoms with Crippen LogP contribution in [-0.2, 0) is 20.8 Å². The van der Waals surface area contributed by atoms with E-state index in [0.717, 1.165) is 19.4 Å². The molecule has 5 nitrogen and oxygen atoms in total. The highest BCUT2D eigenvalue weighted by Gasteiger charge is 2.27. The van der Waals surface area contributed by atoms with Gasteiger partial charge in [-0.1, -0.05) is 111 Å². The molecular weight excluding hydrogens is 677 g/mol. The van der Waals surface area contributed by atoms with Crippen molar-refractivity contribution in [1.29, 1.82) is 0 Å². The zero-order chi connectivity index (χ0) is 40.1.